The molecule has 2 atom stereocenters. The van der Waals surface area contributed by atoms with Gasteiger partial charge in [0.1, 0.15) is 0 Å². The predicted molar refractivity (Wildman–Crippen MR) is 83.6 cm³/mol. The van der Waals surface area contributed by atoms with E-state index in [1.54, 1.807) is 24.3 Å². The Hall–Kier alpha value is -1.40. The van der Waals surface area contributed by atoms with Gasteiger partial charge in [-0.2, -0.15) is 4.31 Å². The van der Waals surface area contributed by atoms with E-state index < -0.39 is 16.3 Å². The minimum atomic E-state index is -3.66. The number of carbonyl (C=O) groups excluding carboxylic acids is 1. The van der Waals surface area contributed by atoms with Crippen molar-refractivity contribution in [2.45, 2.75) is 50.7 Å². The zero-order valence-corrected chi connectivity index (χ0v) is 14.1. The topological polar surface area (TPSA) is 63.7 Å². The Morgan fingerprint density at radius 3 is 2.50 bits per heavy atom. The zero-order valence-electron chi connectivity index (χ0n) is 13.3. The molecule has 1 aliphatic rings. The first-order chi connectivity index (χ1) is 10.4. The molecule has 1 aromatic carbocycles. The fourth-order valence-electron chi connectivity index (χ4n) is 2.69. The lowest BCUT2D eigenvalue weighted by Crippen LogP contribution is -2.40. The first-order valence-corrected chi connectivity index (χ1v) is 9.04. The van der Waals surface area contributed by atoms with Crippen LogP contribution in [0.25, 0.3) is 0 Å². The maximum Gasteiger partial charge on any atom is 0.307 e. The Balaban J connectivity index is 2.22. The summed E-state index contributed by atoms with van der Waals surface area (Å²) in [5.41, 5.74) is 0.995. The summed E-state index contributed by atoms with van der Waals surface area (Å²) < 4.78 is 31.9. The third-order valence-corrected chi connectivity index (χ3v) is 5.90. The van der Waals surface area contributed by atoms with Crippen molar-refractivity contribution in [1.82, 2.24) is 4.31 Å². The average Bonchev–Trinajstić information content (AvgIpc) is 2.85. The highest BCUT2D eigenvalue weighted by Gasteiger charge is 2.41. The normalized spacial score (nSPS) is 22.1. The summed E-state index contributed by atoms with van der Waals surface area (Å²) in [5, 5.41) is 0. The number of cyclic esters (lactones) is 1. The summed E-state index contributed by atoms with van der Waals surface area (Å²) in [5.74, 6) is -0.394. The zero-order chi connectivity index (χ0) is 16.3. The maximum absolute atomic E-state index is 12.7. The van der Waals surface area contributed by atoms with E-state index in [2.05, 4.69) is 6.92 Å². The van der Waals surface area contributed by atoms with E-state index >= 15 is 0 Å². The van der Waals surface area contributed by atoms with Crippen LogP contribution in [0.1, 0.15) is 38.2 Å². The molecule has 0 unspecified atom stereocenters. The molecule has 0 saturated carbocycles. The number of carbonyl (C=O) groups is 1. The number of unbranched alkanes of at least 4 members (excludes halogenated alkanes) is 1. The number of aryl methyl sites for hydroxylation is 1. The molecule has 122 valence electrons. The average molecular weight is 325 g/mol. The van der Waals surface area contributed by atoms with Gasteiger partial charge in [0, 0.05) is 13.0 Å². The number of hydrogen-bond acceptors (Lipinski definition) is 4. The van der Waals surface area contributed by atoms with Crippen molar-refractivity contribution in [3.63, 3.8) is 0 Å². The lowest BCUT2D eigenvalue weighted by atomic mass is 9.99. The molecule has 1 aromatic rings. The Morgan fingerprint density at radius 1 is 1.27 bits per heavy atom. The molecule has 6 heteroatoms. The van der Waals surface area contributed by atoms with Crippen LogP contribution in [0.5, 0.6) is 0 Å². The second-order valence-electron chi connectivity index (χ2n) is 5.82. The molecule has 0 radical (unpaired) electrons. The fourth-order valence-corrected chi connectivity index (χ4v) is 3.99. The molecular formula is C16H23NO4S. The maximum atomic E-state index is 12.7. The van der Waals surface area contributed by atoms with Crippen molar-refractivity contribution < 1.29 is 17.9 Å². The molecule has 0 aliphatic carbocycles. The van der Waals surface area contributed by atoms with Crippen molar-refractivity contribution in [2.24, 2.45) is 5.92 Å². The molecule has 22 heavy (non-hydrogen) atoms. The van der Waals surface area contributed by atoms with Gasteiger partial charge in [-0.15, -0.1) is 0 Å². The van der Waals surface area contributed by atoms with Gasteiger partial charge < -0.3 is 4.74 Å². The minimum absolute atomic E-state index is 0.0716. The van der Waals surface area contributed by atoms with E-state index in [1.807, 2.05) is 6.92 Å². The molecule has 0 bridgehead atoms. The third-order valence-electron chi connectivity index (χ3n) is 4.07. The van der Waals surface area contributed by atoms with Crippen LogP contribution in [-0.2, 0) is 19.6 Å². The van der Waals surface area contributed by atoms with Gasteiger partial charge in [-0.1, -0.05) is 37.5 Å². The molecule has 1 aliphatic heterocycles. The van der Waals surface area contributed by atoms with Crippen LogP contribution in [0.15, 0.2) is 29.2 Å². The number of esters is 1. The SMILES string of the molecule is CCCC[C@@H]1CC(=O)O[C@H]1N(C)S(=O)(=O)c1ccc(C)cc1. The van der Waals surface area contributed by atoms with Gasteiger partial charge in [0.25, 0.3) is 0 Å². The number of sulfonamides is 1. The van der Waals surface area contributed by atoms with Gasteiger partial charge >= 0.3 is 5.97 Å². The summed E-state index contributed by atoms with van der Waals surface area (Å²) in [7, 11) is -2.18. The monoisotopic (exact) mass is 325 g/mol. The first kappa shape index (κ1) is 17.0. The van der Waals surface area contributed by atoms with Crippen LogP contribution in [0.2, 0.25) is 0 Å². The van der Waals surface area contributed by atoms with Gasteiger partial charge in [-0.3, -0.25) is 4.79 Å². The Morgan fingerprint density at radius 2 is 1.91 bits per heavy atom. The summed E-state index contributed by atoms with van der Waals surface area (Å²) >= 11 is 0. The molecule has 5 nitrogen and oxygen atoms in total. The quantitative estimate of drug-likeness (QED) is 0.754. The van der Waals surface area contributed by atoms with Crippen LogP contribution >= 0.6 is 0 Å². The Kier molecular flexibility index (Phi) is 5.24. The van der Waals surface area contributed by atoms with Gasteiger partial charge in [-0.05, 0) is 25.5 Å². The summed E-state index contributed by atoms with van der Waals surface area (Å²) in [6, 6.07) is 6.68. The molecule has 0 amide bonds. The van der Waals surface area contributed by atoms with Crippen LogP contribution in [0, 0.1) is 12.8 Å². The lowest BCUT2D eigenvalue weighted by Gasteiger charge is -2.27. The molecule has 1 heterocycles. The second-order valence-corrected chi connectivity index (χ2v) is 7.82. The van der Waals surface area contributed by atoms with Gasteiger partial charge in [-0.25, -0.2) is 8.42 Å². The second kappa shape index (κ2) is 6.79. The highest BCUT2D eigenvalue weighted by molar-refractivity contribution is 7.89. The van der Waals surface area contributed by atoms with Crippen LogP contribution in [-0.4, -0.2) is 32.0 Å². The summed E-state index contributed by atoms with van der Waals surface area (Å²) in [4.78, 5) is 11.8. The van der Waals surface area contributed by atoms with Crippen molar-refractivity contribution in [1.29, 1.82) is 0 Å². The van der Waals surface area contributed by atoms with Gasteiger partial charge in [0.05, 0.1) is 11.3 Å². The smallest absolute Gasteiger partial charge is 0.307 e. The van der Waals surface area contributed by atoms with E-state index in [0.717, 1.165) is 24.8 Å². The van der Waals surface area contributed by atoms with Gasteiger partial charge in [0.15, 0.2) is 6.23 Å². The number of ether oxygens (including phenoxy) is 1. The molecule has 1 fully saturated rings. The van der Waals surface area contributed by atoms with E-state index in [1.165, 1.54) is 11.4 Å². The van der Waals surface area contributed by atoms with Crippen molar-refractivity contribution in [3.8, 4) is 0 Å². The molecule has 2 rings (SSSR count). The highest BCUT2D eigenvalue weighted by Crippen LogP contribution is 2.31. The van der Waals surface area contributed by atoms with Crippen LogP contribution in [0.3, 0.4) is 0 Å². The van der Waals surface area contributed by atoms with Gasteiger partial charge in [0.2, 0.25) is 10.0 Å². The van der Waals surface area contributed by atoms with Crippen molar-refractivity contribution in [3.05, 3.63) is 29.8 Å². The molecule has 0 aromatic heterocycles. The minimum Gasteiger partial charge on any atom is -0.445 e. The standard InChI is InChI=1S/C16H23NO4S/c1-4-5-6-13-11-15(18)21-16(13)17(3)22(19,20)14-9-7-12(2)8-10-14/h7-10,13,16H,4-6,11H2,1-3H3/t13-,16-/m1/s1. The number of benzene rings is 1. The molecule has 1 saturated heterocycles. The van der Waals surface area contributed by atoms with Crippen LogP contribution < -0.4 is 0 Å². The molecule has 0 N–H and O–H groups in total. The predicted octanol–water partition coefficient (Wildman–Crippen LogP) is 2.69. The van der Waals surface area contributed by atoms with E-state index in [0.29, 0.717) is 6.42 Å². The van der Waals surface area contributed by atoms with E-state index in [9.17, 15) is 13.2 Å². The highest BCUT2D eigenvalue weighted by atomic mass is 32.2. The third kappa shape index (κ3) is 3.50. The van der Waals surface area contributed by atoms with E-state index in [-0.39, 0.29) is 16.8 Å². The van der Waals surface area contributed by atoms with Crippen molar-refractivity contribution >= 4 is 16.0 Å². The molecule has 0 spiro atoms. The number of hydrogen-bond donors (Lipinski definition) is 0. The van der Waals surface area contributed by atoms with E-state index in [4.69, 9.17) is 4.74 Å². The van der Waals surface area contributed by atoms with Crippen molar-refractivity contribution in [2.75, 3.05) is 7.05 Å². The Labute approximate surface area is 132 Å². The largest absolute Gasteiger partial charge is 0.445 e. The number of nitrogens with zero attached hydrogens (tertiary/aromatic N) is 1. The summed E-state index contributed by atoms with van der Waals surface area (Å²) in [6.07, 6.45) is 2.34. The summed E-state index contributed by atoms with van der Waals surface area (Å²) in [6.45, 7) is 3.97. The Bertz CT molecular complexity index is 624. The lowest BCUT2D eigenvalue weighted by molar-refractivity contribution is -0.145. The number of rotatable bonds is 6. The molecular weight excluding hydrogens is 302 g/mol. The van der Waals surface area contributed by atoms with Crippen LogP contribution in [0.4, 0.5) is 0 Å². The fraction of sp³-hybridized carbons (Fsp3) is 0.562. The first-order valence-electron chi connectivity index (χ1n) is 7.60.